The Morgan fingerprint density at radius 2 is 2.08 bits per heavy atom. The summed E-state index contributed by atoms with van der Waals surface area (Å²) in [6, 6.07) is 0. The summed E-state index contributed by atoms with van der Waals surface area (Å²) in [5, 5.41) is 0. The van der Waals surface area contributed by atoms with E-state index in [1.807, 2.05) is 0 Å². The summed E-state index contributed by atoms with van der Waals surface area (Å²) < 4.78 is 39.0. The van der Waals surface area contributed by atoms with Gasteiger partial charge in [0.05, 0.1) is 0 Å². The highest BCUT2D eigenvalue weighted by atomic mass is 19.4. The van der Waals surface area contributed by atoms with Crippen LogP contribution < -0.4 is 0 Å². The zero-order valence-corrected chi connectivity index (χ0v) is 6.61. The van der Waals surface area contributed by atoms with Gasteiger partial charge in [-0.2, -0.15) is 0 Å². The van der Waals surface area contributed by atoms with Crippen LogP contribution in [0.15, 0.2) is 23.5 Å². The number of alkyl halides is 3. The van der Waals surface area contributed by atoms with Crippen molar-refractivity contribution in [3.63, 3.8) is 0 Å². The fraction of sp³-hybridized carbons (Fsp3) is 0.500. The van der Waals surface area contributed by atoms with E-state index < -0.39 is 6.36 Å². The Morgan fingerprint density at radius 3 is 2.58 bits per heavy atom. The summed E-state index contributed by atoms with van der Waals surface area (Å²) in [4.78, 5) is 0. The molecule has 0 aromatic carbocycles. The molecule has 0 aromatic rings. The summed E-state index contributed by atoms with van der Waals surface area (Å²) in [6.45, 7) is 1.64. The van der Waals surface area contributed by atoms with Crippen molar-refractivity contribution in [2.75, 3.05) is 0 Å². The fourth-order valence-corrected chi connectivity index (χ4v) is 1.00. The van der Waals surface area contributed by atoms with Gasteiger partial charge in [0, 0.05) is 0 Å². The van der Waals surface area contributed by atoms with Gasteiger partial charge in [0.15, 0.2) is 0 Å². The Balaban J connectivity index is 2.68. The Morgan fingerprint density at radius 1 is 1.42 bits per heavy atom. The zero-order valence-electron chi connectivity index (χ0n) is 6.61. The predicted octanol–water partition coefficient (Wildman–Crippen LogP) is 3.15. The second kappa shape index (κ2) is 3.21. The van der Waals surface area contributed by atoms with Crippen molar-refractivity contribution in [1.82, 2.24) is 0 Å². The molecule has 0 amide bonds. The minimum Gasteiger partial charge on any atom is -0.406 e. The van der Waals surface area contributed by atoms with Crippen molar-refractivity contribution in [2.45, 2.75) is 26.1 Å². The molecule has 0 aliphatic heterocycles. The minimum atomic E-state index is -4.57. The van der Waals surface area contributed by atoms with Crippen molar-refractivity contribution >= 4 is 0 Å². The molecule has 0 fully saturated rings. The van der Waals surface area contributed by atoms with Gasteiger partial charge in [0.25, 0.3) is 0 Å². The van der Waals surface area contributed by atoms with E-state index in [-0.39, 0.29) is 5.76 Å². The molecule has 0 saturated heterocycles. The third-order valence-electron chi connectivity index (χ3n) is 1.60. The van der Waals surface area contributed by atoms with E-state index in [1.54, 1.807) is 13.0 Å². The second-order valence-electron chi connectivity index (χ2n) is 2.63. The number of halogens is 3. The van der Waals surface area contributed by atoms with Crippen LogP contribution in [0, 0.1) is 0 Å². The van der Waals surface area contributed by atoms with Gasteiger partial charge in [-0.1, -0.05) is 6.08 Å². The SMILES string of the molecule is CC1=C(OC(F)(F)F)C=CCC1. The molecule has 0 saturated carbocycles. The van der Waals surface area contributed by atoms with E-state index in [2.05, 4.69) is 4.74 Å². The summed E-state index contributed by atoms with van der Waals surface area (Å²) in [7, 11) is 0. The van der Waals surface area contributed by atoms with E-state index in [9.17, 15) is 13.2 Å². The van der Waals surface area contributed by atoms with Crippen molar-refractivity contribution in [2.24, 2.45) is 0 Å². The molecule has 0 radical (unpaired) electrons. The van der Waals surface area contributed by atoms with Gasteiger partial charge in [-0.25, -0.2) is 0 Å². The number of hydrogen-bond acceptors (Lipinski definition) is 1. The molecule has 0 unspecified atom stereocenters. The van der Waals surface area contributed by atoms with Gasteiger partial charge in [-0.15, -0.1) is 13.2 Å². The first-order valence-corrected chi connectivity index (χ1v) is 3.61. The van der Waals surface area contributed by atoms with Crippen LogP contribution in [0.3, 0.4) is 0 Å². The molecule has 12 heavy (non-hydrogen) atoms. The molecule has 68 valence electrons. The highest BCUT2D eigenvalue weighted by Crippen LogP contribution is 2.27. The first kappa shape index (κ1) is 9.16. The standard InChI is InChI=1S/C8H9F3O/c1-6-4-2-3-5-7(6)12-8(9,10)11/h3,5H,2,4H2,1H3. The Bertz CT molecular complexity index is 225. The summed E-state index contributed by atoms with van der Waals surface area (Å²) in [5.74, 6) is -0.0613. The zero-order chi connectivity index (χ0) is 9.19. The van der Waals surface area contributed by atoms with Crippen molar-refractivity contribution in [3.05, 3.63) is 23.5 Å². The highest BCUT2D eigenvalue weighted by molar-refractivity contribution is 5.23. The van der Waals surface area contributed by atoms with Crippen LogP contribution in [0.5, 0.6) is 0 Å². The third-order valence-corrected chi connectivity index (χ3v) is 1.60. The molecule has 0 atom stereocenters. The normalized spacial score (nSPS) is 18.3. The van der Waals surface area contributed by atoms with Crippen LogP contribution in [0.2, 0.25) is 0 Å². The molecule has 4 heteroatoms. The number of allylic oxidation sites excluding steroid dienone is 3. The molecule has 0 spiro atoms. The lowest BCUT2D eigenvalue weighted by atomic mass is 10.1. The quantitative estimate of drug-likeness (QED) is 0.599. The Hall–Kier alpha value is -0.930. The van der Waals surface area contributed by atoms with Crippen LogP contribution in [-0.2, 0) is 4.74 Å². The lowest BCUT2D eigenvalue weighted by molar-refractivity contribution is -0.303. The molecular weight excluding hydrogens is 169 g/mol. The van der Waals surface area contributed by atoms with Crippen LogP contribution in [-0.4, -0.2) is 6.36 Å². The maximum atomic E-state index is 11.7. The van der Waals surface area contributed by atoms with Gasteiger partial charge >= 0.3 is 6.36 Å². The smallest absolute Gasteiger partial charge is 0.406 e. The fourth-order valence-electron chi connectivity index (χ4n) is 1.00. The average Bonchev–Trinajstić information content (AvgIpc) is 1.91. The van der Waals surface area contributed by atoms with Crippen LogP contribution in [0.25, 0.3) is 0 Å². The minimum absolute atomic E-state index is 0.0613. The Labute approximate surface area is 68.5 Å². The Kier molecular flexibility index (Phi) is 2.45. The molecule has 0 N–H and O–H groups in total. The first-order chi connectivity index (χ1) is 5.49. The van der Waals surface area contributed by atoms with E-state index in [0.717, 1.165) is 6.42 Å². The highest BCUT2D eigenvalue weighted by Gasteiger charge is 2.32. The monoisotopic (exact) mass is 178 g/mol. The molecule has 1 aliphatic carbocycles. The topological polar surface area (TPSA) is 9.23 Å². The maximum Gasteiger partial charge on any atom is 0.573 e. The first-order valence-electron chi connectivity index (χ1n) is 3.61. The predicted molar refractivity (Wildman–Crippen MR) is 38.2 cm³/mol. The van der Waals surface area contributed by atoms with Gasteiger partial charge in [0.2, 0.25) is 0 Å². The summed E-state index contributed by atoms with van der Waals surface area (Å²) in [6.07, 6.45) is -0.100. The van der Waals surface area contributed by atoms with Gasteiger partial charge < -0.3 is 4.74 Å². The second-order valence-corrected chi connectivity index (χ2v) is 2.63. The van der Waals surface area contributed by atoms with Crippen LogP contribution in [0.4, 0.5) is 13.2 Å². The number of ether oxygens (including phenoxy) is 1. The number of hydrogen-bond donors (Lipinski definition) is 0. The lowest BCUT2D eigenvalue weighted by Gasteiger charge is -2.15. The number of rotatable bonds is 1. The van der Waals surface area contributed by atoms with E-state index in [4.69, 9.17) is 0 Å². The molecule has 1 aliphatic rings. The van der Waals surface area contributed by atoms with Crippen molar-refractivity contribution < 1.29 is 17.9 Å². The van der Waals surface area contributed by atoms with E-state index in [1.165, 1.54) is 6.08 Å². The summed E-state index contributed by atoms with van der Waals surface area (Å²) in [5.41, 5.74) is 0.648. The van der Waals surface area contributed by atoms with Gasteiger partial charge in [-0.3, -0.25) is 0 Å². The molecule has 0 bridgehead atoms. The van der Waals surface area contributed by atoms with Crippen molar-refractivity contribution in [1.29, 1.82) is 0 Å². The van der Waals surface area contributed by atoms with E-state index in [0.29, 0.717) is 12.0 Å². The van der Waals surface area contributed by atoms with Gasteiger partial charge in [-0.05, 0) is 31.4 Å². The molecule has 1 rings (SSSR count). The molecule has 0 aromatic heterocycles. The third kappa shape index (κ3) is 2.60. The molecular formula is C8H9F3O. The maximum absolute atomic E-state index is 11.7. The van der Waals surface area contributed by atoms with Crippen LogP contribution >= 0.6 is 0 Å². The van der Waals surface area contributed by atoms with E-state index >= 15 is 0 Å². The molecule has 1 nitrogen and oxygen atoms in total. The molecule has 0 heterocycles. The average molecular weight is 178 g/mol. The summed E-state index contributed by atoms with van der Waals surface area (Å²) >= 11 is 0. The van der Waals surface area contributed by atoms with Crippen LogP contribution in [0.1, 0.15) is 19.8 Å². The van der Waals surface area contributed by atoms with Crippen molar-refractivity contribution in [3.8, 4) is 0 Å². The lowest BCUT2D eigenvalue weighted by Crippen LogP contribution is -2.13. The van der Waals surface area contributed by atoms with Gasteiger partial charge in [0.1, 0.15) is 5.76 Å². The largest absolute Gasteiger partial charge is 0.573 e.